The van der Waals surface area contributed by atoms with E-state index in [0.29, 0.717) is 26.2 Å². The van der Waals surface area contributed by atoms with Gasteiger partial charge < -0.3 is 0 Å². The van der Waals surface area contributed by atoms with Gasteiger partial charge in [0.15, 0.2) is 5.82 Å². The first kappa shape index (κ1) is 14.8. The molecule has 1 aromatic heterocycles. The Bertz CT molecular complexity index is 532. The van der Waals surface area contributed by atoms with E-state index in [-0.39, 0.29) is 0 Å². The second-order valence-electron chi connectivity index (χ2n) is 4.23. The van der Waals surface area contributed by atoms with E-state index in [1.54, 1.807) is 0 Å². The highest BCUT2D eigenvalue weighted by atomic mass is 79.9. The maximum Gasteiger partial charge on any atom is 0.263 e. The number of sulfonamides is 1. The van der Waals surface area contributed by atoms with E-state index < -0.39 is 20.9 Å². The van der Waals surface area contributed by atoms with Crippen LogP contribution in [0.3, 0.4) is 0 Å². The van der Waals surface area contributed by atoms with Crippen molar-refractivity contribution in [3.63, 3.8) is 0 Å². The standard InChI is InChI=1S/C11H15BrFN3O2S/c12-3-5-15-6-8-16(9-7-15)19(17,18)11-10(13)2-1-4-14-11/h1-2,4H,3,5-9H2. The predicted molar refractivity (Wildman–Crippen MR) is 73.2 cm³/mol. The monoisotopic (exact) mass is 351 g/mol. The Morgan fingerprint density at radius 2 is 2.00 bits per heavy atom. The highest BCUT2D eigenvalue weighted by Crippen LogP contribution is 2.18. The fraction of sp³-hybridized carbons (Fsp3) is 0.545. The second-order valence-corrected chi connectivity index (χ2v) is 6.87. The van der Waals surface area contributed by atoms with Crippen molar-refractivity contribution in [3.8, 4) is 0 Å². The first-order valence-corrected chi connectivity index (χ1v) is 8.51. The number of hydrogen-bond acceptors (Lipinski definition) is 4. The Labute approximate surface area is 120 Å². The molecule has 0 spiro atoms. The molecule has 1 aliphatic rings. The maximum absolute atomic E-state index is 13.6. The number of nitrogens with zero attached hydrogens (tertiary/aromatic N) is 3. The molecule has 0 saturated carbocycles. The Kier molecular flexibility index (Phi) is 4.88. The highest BCUT2D eigenvalue weighted by molar-refractivity contribution is 9.09. The first-order chi connectivity index (χ1) is 9.05. The quantitative estimate of drug-likeness (QED) is 0.757. The molecule has 106 valence electrons. The lowest BCUT2D eigenvalue weighted by Gasteiger charge is -2.33. The summed E-state index contributed by atoms with van der Waals surface area (Å²) in [5, 5.41) is 0.373. The summed E-state index contributed by atoms with van der Waals surface area (Å²) in [6, 6.07) is 2.49. The Morgan fingerprint density at radius 3 is 2.58 bits per heavy atom. The topological polar surface area (TPSA) is 53.5 Å². The van der Waals surface area contributed by atoms with Gasteiger partial charge >= 0.3 is 0 Å². The number of alkyl halides is 1. The predicted octanol–water partition coefficient (Wildman–Crippen LogP) is 0.922. The fourth-order valence-corrected chi connectivity index (χ4v) is 3.89. The number of pyridine rings is 1. The van der Waals surface area contributed by atoms with Gasteiger partial charge in [0.1, 0.15) is 0 Å². The molecule has 1 aliphatic heterocycles. The van der Waals surface area contributed by atoms with Crippen LogP contribution in [0.25, 0.3) is 0 Å². The Balaban J connectivity index is 2.12. The van der Waals surface area contributed by atoms with Crippen LogP contribution in [0.15, 0.2) is 23.4 Å². The van der Waals surface area contributed by atoms with Crippen molar-refractivity contribution in [1.82, 2.24) is 14.2 Å². The summed E-state index contributed by atoms with van der Waals surface area (Å²) in [5.41, 5.74) is 0. The molecule has 0 amide bonds. The zero-order valence-electron chi connectivity index (χ0n) is 10.3. The van der Waals surface area contributed by atoms with Crippen LogP contribution in [0, 0.1) is 5.82 Å². The number of aromatic nitrogens is 1. The zero-order valence-corrected chi connectivity index (χ0v) is 12.7. The van der Waals surface area contributed by atoms with Crippen LogP contribution in [0.1, 0.15) is 0 Å². The molecular weight excluding hydrogens is 337 g/mol. The van der Waals surface area contributed by atoms with Gasteiger partial charge in [0, 0.05) is 44.3 Å². The van der Waals surface area contributed by atoms with Gasteiger partial charge in [-0.1, -0.05) is 15.9 Å². The molecule has 0 N–H and O–H groups in total. The van der Waals surface area contributed by atoms with Crippen LogP contribution in [0.5, 0.6) is 0 Å². The molecule has 0 aliphatic carbocycles. The largest absolute Gasteiger partial charge is 0.300 e. The van der Waals surface area contributed by atoms with Crippen molar-refractivity contribution in [2.75, 3.05) is 38.1 Å². The lowest BCUT2D eigenvalue weighted by atomic mass is 10.4. The molecule has 2 heterocycles. The average Bonchev–Trinajstić information content (AvgIpc) is 2.40. The molecule has 0 unspecified atom stereocenters. The molecule has 0 aromatic carbocycles. The van der Waals surface area contributed by atoms with Gasteiger partial charge in [-0.2, -0.15) is 4.31 Å². The smallest absolute Gasteiger partial charge is 0.263 e. The van der Waals surface area contributed by atoms with Crippen molar-refractivity contribution in [1.29, 1.82) is 0 Å². The number of piperazine rings is 1. The van der Waals surface area contributed by atoms with E-state index in [1.165, 1.54) is 16.6 Å². The van der Waals surface area contributed by atoms with E-state index in [1.807, 2.05) is 0 Å². The summed E-state index contributed by atoms with van der Waals surface area (Å²) in [4.78, 5) is 5.82. The third kappa shape index (κ3) is 3.31. The molecule has 2 rings (SSSR count). The lowest BCUT2D eigenvalue weighted by Crippen LogP contribution is -2.49. The van der Waals surface area contributed by atoms with Crippen LogP contribution in [0.2, 0.25) is 0 Å². The summed E-state index contributed by atoms with van der Waals surface area (Å²) < 4.78 is 39.4. The van der Waals surface area contributed by atoms with Gasteiger partial charge in [-0.05, 0) is 12.1 Å². The molecule has 5 nitrogen and oxygen atoms in total. The molecule has 0 radical (unpaired) electrons. The van der Waals surface area contributed by atoms with Crippen LogP contribution in [-0.2, 0) is 10.0 Å². The van der Waals surface area contributed by atoms with E-state index in [4.69, 9.17) is 0 Å². The summed E-state index contributed by atoms with van der Waals surface area (Å²) in [7, 11) is -3.82. The van der Waals surface area contributed by atoms with Gasteiger partial charge in [0.25, 0.3) is 10.0 Å². The van der Waals surface area contributed by atoms with E-state index in [2.05, 4.69) is 25.8 Å². The Hall–Kier alpha value is -0.570. The lowest BCUT2D eigenvalue weighted by molar-refractivity contribution is 0.197. The second kappa shape index (κ2) is 6.25. The van der Waals surface area contributed by atoms with Gasteiger partial charge in [-0.3, -0.25) is 4.90 Å². The molecular formula is C11H15BrFN3O2S. The molecule has 1 saturated heterocycles. The van der Waals surface area contributed by atoms with Crippen LogP contribution in [-0.4, -0.2) is 60.7 Å². The number of hydrogen-bond donors (Lipinski definition) is 0. The summed E-state index contributed by atoms with van der Waals surface area (Å²) in [5.74, 6) is -0.801. The van der Waals surface area contributed by atoms with Crippen molar-refractivity contribution < 1.29 is 12.8 Å². The minimum absolute atomic E-state index is 0.366. The van der Waals surface area contributed by atoms with Crippen molar-refractivity contribution in [3.05, 3.63) is 24.1 Å². The third-order valence-corrected chi connectivity index (χ3v) is 5.23. The molecule has 8 heteroatoms. The summed E-state index contributed by atoms with van der Waals surface area (Å²) in [6.07, 6.45) is 1.29. The van der Waals surface area contributed by atoms with Gasteiger partial charge in [-0.25, -0.2) is 17.8 Å². The molecule has 0 bridgehead atoms. The summed E-state index contributed by atoms with van der Waals surface area (Å²) in [6.45, 7) is 2.92. The highest BCUT2D eigenvalue weighted by Gasteiger charge is 2.31. The van der Waals surface area contributed by atoms with Gasteiger partial charge in [0.2, 0.25) is 5.03 Å². The van der Waals surface area contributed by atoms with E-state index in [0.717, 1.165) is 17.9 Å². The normalized spacial score (nSPS) is 18.6. The van der Waals surface area contributed by atoms with Crippen LogP contribution >= 0.6 is 15.9 Å². The molecule has 1 fully saturated rings. The van der Waals surface area contributed by atoms with Crippen molar-refractivity contribution >= 4 is 26.0 Å². The van der Waals surface area contributed by atoms with Crippen LogP contribution in [0.4, 0.5) is 4.39 Å². The summed E-state index contributed by atoms with van der Waals surface area (Å²) >= 11 is 3.35. The van der Waals surface area contributed by atoms with Gasteiger partial charge in [0.05, 0.1) is 0 Å². The fourth-order valence-electron chi connectivity index (χ4n) is 2.00. The average molecular weight is 352 g/mol. The third-order valence-electron chi connectivity index (χ3n) is 3.04. The van der Waals surface area contributed by atoms with Crippen molar-refractivity contribution in [2.45, 2.75) is 5.03 Å². The van der Waals surface area contributed by atoms with E-state index in [9.17, 15) is 12.8 Å². The maximum atomic E-state index is 13.6. The Morgan fingerprint density at radius 1 is 1.32 bits per heavy atom. The van der Waals surface area contributed by atoms with Gasteiger partial charge in [-0.15, -0.1) is 0 Å². The van der Waals surface area contributed by atoms with Crippen molar-refractivity contribution in [2.24, 2.45) is 0 Å². The molecule has 1 aromatic rings. The number of rotatable bonds is 4. The minimum Gasteiger partial charge on any atom is -0.300 e. The zero-order chi connectivity index (χ0) is 13.9. The first-order valence-electron chi connectivity index (χ1n) is 5.94. The SMILES string of the molecule is O=S(=O)(c1ncccc1F)N1CCN(CCBr)CC1. The van der Waals surface area contributed by atoms with Crippen LogP contribution < -0.4 is 0 Å². The van der Waals surface area contributed by atoms with E-state index >= 15 is 0 Å². The minimum atomic E-state index is -3.82. The number of halogens is 2. The molecule has 0 atom stereocenters. The molecule has 19 heavy (non-hydrogen) atoms.